The zero-order chi connectivity index (χ0) is 22.2. The number of nitrogens with zero attached hydrogens (tertiary/aromatic N) is 1. The molecular weight excluding hydrogens is 423 g/mol. The molecule has 0 aliphatic carbocycles. The Bertz CT molecular complexity index is 1010. The summed E-state index contributed by atoms with van der Waals surface area (Å²) in [5.74, 6) is 1.35. The van der Waals surface area contributed by atoms with Crippen LogP contribution in [0.3, 0.4) is 0 Å². The zero-order valence-corrected chi connectivity index (χ0v) is 20.3. The molecule has 2 aromatic carbocycles. The summed E-state index contributed by atoms with van der Waals surface area (Å²) >= 11 is 12.8. The van der Waals surface area contributed by atoms with Crippen molar-refractivity contribution in [3.63, 3.8) is 0 Å². The first kappa shape index (κ1) is 22.6. The number of allylic oxidation sites excluding steroid dienone is 1. The predicted molar refractivity (Wildman–Crippen MR) is 134 cm³/mol. The standard InChI is InChI=1S/C27H32Cl2N2/c1-17(2)8-10-22(18(3)4)26-27(16-31-25-15-21(29)9-11-24(25)27)23(12-13-30-26)19-6-5-7-20(28)14-19/h5-7,9-11,14-18,23,26,30H,8,12-13H2,1-4H3. The molecule has 2 aliphatic rings. The molecule has 3 unspecified atom stereocenters. The van der Waals surface area contributed by atoms with Crippen molar-refractivity contribution in [2.45, 2.75) is 57.9 Å². The molecule has 1 N–H and O–H groups in total. The fraction of sp³-hybridized carbons (Fsp3) is 0.444. The normalized spacial score (nSPS) is 25.6. The highest BCUT2D eigenvalue weighted by Gasteiger charge is 2.53. The number of fused-ring (bicyclic) bond motifs is 2. The lowest BCUT2D eigenvalue weighted by Gasteiger charge is -2.49. The number of aliphatic imine (C=N–C) groups is 1. The maximum atomic E-state index is 6.44. The Kier molecular flexibility index (Phi) is 6.62. The Balaban J connectivity index is 1.92. The Morgan fingerprint density at radius 3 is 2.61 bits per heavy atom. The average Bonchev–Trinajstić information content (AvgIpc) is 3.07. The van der Waals surface area contributed by atoms with Gasteiger partial charge < -0.3 is 5.32 Å². The molecule has 164 valence electrons. The van der Waals surface area contributed by atoms with Crippen molar-refractivity contribution in [1.29, 1.82) is 0 Å². The summed E-state index contributed by atoms with van der Waals surface area (Å²) in [6.07, 6.45) is 6.77. The van der Waals surface area contributed by atoms with E-state index in [0.29, 0.717) is 11.8 Å². The first-order valence-corrected chi connectivity index (χ1v) is 12.1. The van der Waals surface area contributed by atoms with Crippen molar-refractivity contribution in [3.8, 4) is 0 Å². The second kappa shape index (κ2) is 9.10. The highest BCUT2D eigenvalue weighted by Crippen LogP contribution is 2.53. The lowest BCUT2D eigenvalue weighted by Crippen LogP contribution is -2.58. The van der Waals surface area contributed by atoms with Crippen molar-refractivity contribution in [1.82, 2.24) is 5.32 Å². The number of piperidine rings is 1. The van der Waals surface area contributed by atoms with Crippen LogP contribution >= 0.6 is 23.2 Å². The minimum Gasteiger partial charge on any atom is -0.309 e. The van der Waals surface area contributed by atoms with Crippen LogP contribution in [0.15, 0.2) is 59.1 Å². The van der Waals surface area contributed by atoms with Gasteiger partial charge in [-0.3, -0.25) is 4.99 Å². The van der Waals surface area contributed by atoms with Gasteiger partial charge in [-0.25, -0.2) is 0 Å². The van der Waals surface area contributed by atoms with Crippen molar-refractivity contribution in [3.05, 3.63) is 75.3 Å². The minimum atomic E-state index is -0.268. The van der Waals surface area contributed by atoms with Crippen LogP contribution in [0.4, 0.5) is 5.69 Å². The highest BCUT2D eigenvalue weighted by atomic mass is 35.5. The second-order valence-corrected chi connectivity index (χ2v) is 10.5. The van der Waals surface area contributed by atoms with Crippen molar-refractivity contribution in [2.75, 3.05) is 6.54 Å². The number of rotatable bonds is 5. The number of hydrogen-bond donors (Lipinski definition) is 1. The Morgan fingerprint density at radius 1 is 1.13 bits per heavy atom. The Morgan fingerprint density at radius 2 is 1.90 bits per heavy atom. The summed E-state index contributed by atoms with van der Waals surface area (Å²) in [7, 11) is 0. The van der Waals surface area contributed by atoms with Crippen LogP contribution in [-0.4, -0.2) is 18.8 Å². The molecule has 0 amide bonds. The molecule has 1 saturated heterocycles. The first-order valence-electron chi connectivity index (χ1n) is 11.4. The van der Waals surface area contributed by atoms with Crippen LogP contribution in [0, 0.1) is 11.8 Å². The van der Waals surface area contributed by atoms with E-state index in [0.717, 1.165) is 35.1 Å². The van der Waals surface area contributed by atoms with Gasteiger partial charge in [-0.05, 0) is 66.6 Å². The van der Waals surface area contributed by atoms with E-state index in [1.807, 2.05) is 18.2 Å². The van der Waals surface area contributed by atoms with Crippen LogP contribution in [0.2, 0.25) is 10.0 Å². The van der Waals surface area contributed by atoms with Crippen LogP contribution in [0.5, 0.6) is 0 Å². The lowest BCUT2D eigenvalue weighted by atomic mass is 9.59. The number of nitrogens with one attached hydrogen (secondary N) is 1. The summed E-state index contributed by atoms with van der Waals surface area (Å²) in [6.45, 7) is 10.1. The van der Waals surface area contributed by atoms with E-state index >= 15 is 0 Å². The topological polar surface area (TPSA) is 24.4 Å². The number of hydrogen-bond acceptors (Lipinski definition) is 2. The van der Waals surface area contributed by atoms with E-state index in [4.69, 9.17) is 28.2 Å². The van der Waals surface area contributed by atoms with Crippen LogP contribution < -0.4 is 5.32 Å². The summed E-state index contributed by atoms with van der Waals surface area (Å²) < 4.78 is 0. The summed E-state index contributed by atoms with van der Waals surface area (Å²) in [4.78, 5) is 4.91. The summed E-state index contributed by atoms with van der Waals surface area (Å²) in [6, 6.07) is 14.7. The second-order valence-electron chi connectivity index (χ2n) is 9.62. The Labute approximate surface area is 196 Å². The largest absolute Gasteiger partial charge is 0.309 e. The minimum absolute atomic E-state index is 0.176. The molecule has 2 aliphatic heterocycles. The van der Waals surface area contributed by atoms with E-state index in [-0.39, 0.29) is 17.4 Å². The monoisotopic (exact) mass is 454 g/mol. The van der Waals surface area contributed by atoms with Gasteiger partial charge in [0.05, 0.1) is 11.1 Å². The van der Waals surface area contributed by atoms with E-state index in [1.54, 1.807) is 0 Å². The van der Waals surface area contributed by atoms with Crippen molar-refractivity contribution in [2.24, 2.45) is 16.8 Å². The van der Waals surface area contributed by atoms with Gasteiger partial charge in [-0.1, -0.05) is 80.7 Å². The molecule has 2 heterocycles. The maximum Gasteiger partial charge on any atom is 0.0683 e. The van der Waals surface area contributed by atoms with Crippen LogP contribution in [0.1, 0.15) is 57.6 Å². The van der Waals surface area contributed by atoms with Gasteiger partial charge >= 0.3 is 0 Å². The molecule has 0 saturated carbocycles. The first-order chi connectivity index (χ1) is 14.8. The van der Waals surface area contributed by atoms with Crippen LogP contribution in [-0.2, 0) is 5.41 Å². The van der Waals surface area contributed by atoms with Gasteiger partial charge in [0.1, 0.15) is 0 Å². The van der Waals surface area contributed by atoms with Crippen LogP contribution in [0.25, 0.3) is 0 Å². The maximum absolute atomic E-state index is 6.44. The quantitative estimate of drug-likeness (QED) is 0.459. The molecule has 1 spiro atoms. The fourth-order valence-electron chi connectivity index (χ4n) is 5.33. The molecule has 3 atom stereocenters. The third-order valence-electron chi connectivity index (χ3n) is 6.76. The molecule has 4 heteroatoms. The van der Waals surface area contributed by atoms with E-state index < -0.39 is 0 Å². The van der Waals surface area contributed by atoms with Gasteiger partial charge in [-0.2, -0.15) is 0 Å². The van der Waals surface area contributed by atoms with E-state index in [9.17, 15) is 0 Å². The van der Waals surface area contributed by atoms with Gasteiger partial charge in [0.25, 0.3) is 0 Å². The third-order valence-corrected chi connectivity index (χ3v) is 7.23. The average molecular weight is 455 g/mol. The summed E-state index contributed by atoms with van der Waals surface area (Å²) in [5, 5.41) is 5.42. The molecule has 1 fully saturated rings. The third kappa shape index (κ3) is 4.23. The Hall–Kier alpha value is -1.61. The predicted octanol–water partition coefficient (Wildman–Crippen LogP) is 7.72. The zero-order valence-electron chi connectivity index (χ0n) is 18.8. The van der Waals surface area contributed by atoms with Crippen molar-refractivity contribution >= 4 is 35.1 Å². The van der Waals surface area contributed by atoms with E-state index in [1.165, 1.54) is 16.7 Å². The van der Waals surface area contributed by atoms with Gasteiger partial charge in [-0.15, -0.1) is 0 Å². The number of benzene rings is 2. The SMILES string of the molecule is CC(C)CC=C(C(C)C)C1NCCC(c2cccc(Cl)c2)C12C=Nc1cc(Cl)ccc12. The molecule has 0 aromatic heterocycles. The molecule has 4 rings (SSSR count). The molecule has 0 radical (unpaired) electrons. The van der Waals surface area contributed by atoms with Crippen molar-refractivity contribution < 1.29 is 0 Å². The summed E-state index contributed by atoms with van der Waals surface area (Å²) in [5.41, 5.74) is 4.72. The lowest BCUT2D eigenvalue weighted by molar-refractivity contribution is 0.282. The van der Waals surface area contributed by atoms with Gasteiger partial charge in [0, 0.05) is 28.2 Å². The van der Waals surface area contributed by atoms with E-state index in [2.05, 4.69) is 69.6 Å². The highest BCUT2D eigenvalue weighted by molar-refractivity contribution is 6.31. The molecule has 31 heavy (non-hydrogen) atoms. The molecule has 0 bridgehead atoms. The molecular formula is C27H32Cl2N2. The smallest absolute Gasteiger partial charge is 0.0683 e. The van der Waals surface area contributed by atoms with Gasteiger partial charge in [0.15, 0.2) is 0 Å². The fourth-order valence-corrected chi connectivity index (χ4v) is 5.70. The number of halogens is 2. The molecule has 2 aromatic rings. The van der Waals surface area contributed by atoms with Gasteiger partial charge in [0.2, 0.25) is 0 Å². The molecule has 2 nitrogen and oxygen atoms in total.